The summed E-state index contributed by atoms with van der Waals surface area (Å²) in [5.74, 6) is -0.158. The molecule has 1 aliphatic heterocycles. The molecule has 0 aliphatic carbocycles. The van der Waals surface area contributed by atoms with E-state index in [0.29, 0.717) is 22.8 Å². The van der Waals surface area contributed by atoms with Crippen molar-refractivity contribution in [2.45, 2.75) is 25.9 Å². The predicted octanol–water partition coefficient (Wildman–Crippen LogP) is 3.65. The highest BCUT2D eigenvalue weighted by molar-refractivity contribution is 7.09. The molecule has 2 aromatic rings. The number of carbonyl (C=O) groups excluding carboxylic acids is 2. The molecule has 0 saturated heterocycles. The van der Waals surface area contributed by atoms with Gasteiger partial charge in [0.1, 0.15) is 0 Å². The molecule has 7 nitrogen and oxygen atoms in total. The van der Waals surface area contributed by atoms with Crippen molar-refractivity contribution in [3.8, 4) is 17.2 Å². The number of nitrogens with zero attached hydrogens (tertiary/aromatic N) is 1. The first kappa shape index (κ1) is 20.7. The van der Waals surface area contributed by atoms with Gasteiger partial charge in [-0.25, -0.2) is 0 Å². The normalized spacial score (nSPS) is 16.3. The standard InChI is InChI=1S/C21H23NO6S/c1-5-14(23)17-18(12-9-15(26-2)20(28-4)16(10-12)27-3)22(21(25)19(17)24)11-13-7-6-8-29-13/h6-10,18,24H,5,11H2,1-4H3. The number of ether oxygens (including phenoxy) is 3. The molecule has 0 spiro atoms. The van der Waals surface area contributed by atoms with Crippen molar-refractivity contribution >= 4 is 23.0 Å². The number of amides is 1. The summed E-state index contributed by atoms with van der Waals surface area (Å²) in [5.41, 5.74) is 0.675. The van der Waals surface area contributed by atoms with Crippen LogP contribution in [0.5, 0.6) is 17.2 Å². The smallest absolute Gasteiger partial charge is 0.290 e. The van der Waals surface area contributed by atoms with E-state index in [1.807, 2.05) is 17.5 Å². The Balaban J connectivity index is 2.17. The third-order valence-corrected chi connectivity index (χ3v) is 5.70. The fourth-order valence-electron chi connectivity index (χ4n) is 3.47. The Kier molecular flexibility index (Phi) is 6.12. The van der Waals surface area contributed by atoms with E-state index in [2.05, 4.69) is 0 Å². The van der Waals surface area contributed by atoms with E-state index in [4.69, 9.17) is 14.2 Å². The second kappa shape index (κ2) is 8.57. The summed E-state index contributed by atoms with van der Waals surface area (Å²) in [4.78, 5) is 27.9. The van der Waals surface area contributed by atoms with Crippen LogP contribution in [-0.2, 0) is 16.1 Å². The lowest BCUT2D eigenvalue weighted by molar-refractivity contribution is -0.130. The van der Waals surface area contributed by atoms with Gasteiger partial charge in [-0.2, -0.15) is 0 Å². The predicted molar refractivity (Wildman–Crippen MR) is 109 cm³/mol. The minimum Gasteiger partial charge on any atom is -0.503 e. The van der Waals surface area contributed by atoms with Gasteiger partial charge in [-0.05, 0) is 29.1 Å². The fraction of sp³-hybridized carbons (Fsp3) is 0.333. The molecular formula is C21H23NO6S. The molecule has 0 radical (unpaired) electrons. The van der Waals surface area contributed by atoms with Gasteiger partial charge in [0.2, 0.25) is 5.75 Å². The summed E-state index contributed by atoms with van der Waals surface area (Å²) in [7, 11) is 4.49. The Bertz CT molecular complexity index is 925. The maximum absolute atomic E-state index is 12.9. The summed E-state index contributed by atoms with van der Waals surface area (Å²) in [5, 5.41) is 12.4. The van der Waals surface area contributed by atoms with Gasteiger partial charge in [-0.1, -0.05) is 13.0 Å². The monoisotopic (exact) mass is 417 g/mol. The average molecular weight is 417 g/mol. The first-order valence-electron chi connectivity index (χ1n) is 9.06. The summed E-state index contributed by atoms with van der Waals surface area (Å²) in [6.45, 7) is 1.96. The van der Waals surface area contributed by atoms with E-state index < -0.39 is 17.7 Å². The van der Waals surface area contributed by atoms with Crippen LogP contribution in [0.25, 0.3) is 0 Å². The molecule has 29 heavy (non-hydrogen) atoms. The molecule has 154 valence electrons. The SMILES string of the molecule is CCC(=O)C1=C(O)C(=O)N(Cc2cccs2)C1c1cc(OC)c(OC)c(OC)c1. The number of hydrogen-bond donors (Lipinski definition) is 1. The molecule has 1 aliphatic rings. The van der Waals surface area contributed by atoms with Gasteiger partial charge in [0.05, 0.1) is 39.5 Å². The lowest BCUT2D eigenvalue weighted by Crippen LogP contribution is -2.30. The first-order chi connectivity index (χ1) is 14.0. The van der Waals surface area contributed by atoms with Crippen LogP contribution in [0.3, 0.4) is 0 Å². The van der Waals surface area contributed by atoms with Crippen LogP contribution in [-0.4, -0.2) is 43.0 Å². The lowest BCUT2D eigenvalue weighted by atomic mass is 9.94. The Morgan fingerprint density at radius 2 is 1.83 bits per heavy atom. The van der Waals surface area contributed by atoms with Crippen molar-refractivity contribution in [1.29, 1.82) is 0 Å². The van der Waals surface area contributed by atoms with Gasteiger partial charge in [0.25, 0.3) is 5.91 Å². The minimum atomic E-state index is -0.759. The maximum atomic E-state index is 12.9. The van der Waals surface area contributed by atoms with E-state index >= 15 is 0 Å². The number of rotatable bonds is 8. The Hall–Kier alpha value is -3.00. The van der Waals surface area contributed by atoms with Crippen molar-refractivity contribution in [2.24, 2.45) is 0 Å². The Labute approximate surface area is 173 Å². The van der Waals surface area contributed by atoms with Gasteiger partial charge >= 0.3 is 0 Å². The molecule has 1 aromatic carbocycles. The van der Waals surface area contributed by atoms with Crippen LogP contribution in [0.4, 0.5) is 0 Å². The molecule has 1 aromatic heterocycles. The summed E-state index contributed by atoms with van der Waals surface area (Å²) in [6, 6.07) is 6.43. The van der Waals surface area contributed by atoms with Crippen molar-refractivity contribution in [3.63, 3.8) is 0 Å². The third kappa shape index (κ3) is 3.67. The van der Waals surface area contributed by atoms with Gasteiger partial charge < -0.3 is 24.2 Å². The number of carbonyl (C=O) groups is 2. The van der Waals surface area contributed by atoms with Crippen molar-refractivity contribution in [1.82, 2.24) is 4.90 Å². The van der Waals surface area contributed by atoms with Gasteiger partial charge in [-0.15, -0.1) is 11.3 Å². The van der Waals surface area contributed by atoms with Crippen LogP contribution in [0.2, 0.25) is 0 Å². The molecule has 2 heterocycles. The minimum absolute atomic E-state index is 0.0864. The second-order valence-electron chi connectivity index (χ2n) is 6.41. The number of hydrogen-bond acceptors (Lipinski definition) is 7. The molecule has 0 saturated carbocycles. The molecule has 1 N–H and O–H groups in total. The first-order valence-corrected chi connectivity index (χ1v) is 9.94. The van der Waals surface area contributed by atoms with E-state index in [-0.39, 0.29) is 24.3 Å². The Morgan fingerprint density at radius 3 is 2.31 bits per heavy atom. The number of aliphatic hydroxyl groups excluding tert-OH is 1. The zero-order valence-electron chi connectivity index (χ0n) is 16.7. The van der Waals surface area contributed by atoms with Gasteiger partial charge in [-0.3, -0.25) is 9.59 Å². The molecule has 3 rings (SSSR count). The largest absolute Gasteiger partial charge is 0.503 e. The van der Waals surface area contributed by atoms with Crippen molar-refractivity contribution in [3.05, 3.63) is 51.4 Å². The number of methoxy groups -OCH3 is 3. The average Bonchev–Trinajstić information content (AvgIpc) is 3.34. The maximum Gasteiger partial charge on any atom is 0.290 e. The number of Topliss-reactive ketones (excluding diaryl/α,β-unsaturated/α-hetero) is 1. The summed E-state index contributed by atoms with van der Waals surface area (Å²) in [6.07, 6.45) is 0.167. The highest BCUT2D eigenvalue weighted by Crippen LogP contribution is 2.45. The fourth-order valence-corrected chi connectivity index (χ4v) is 4.17. The van der Waals surface area contributed by atoms with Crippen LogP contribution >= 0.6 is 11.3 Å². The van der Waals surface area contributed by atoms with E-state index in [9.17, 15) is 14.7 Å². The molecule has 0 fully saturated rings. The zero-order valence-corrected chi connectivity index (χ0v) is 17.5. The molecule has 1 amide bonds. The van der Waals surface area contributed by atoms with Gasteiger partial charge in [0.15, 0.2) is 23.0 Å². The topological polar surface area (TPSA) is 85.3 Å². The Morgan fingerprint density at radius 1 is 1.17 bits per heavy atom. The molecule has 1 atom stereocenters. The van der Waals surface area contributed by atoms with Gasteiger partial charge in [0, 0.05) is 11.3 Å². The third-order valence-electron chi connectivity index (χ3n) is 4.83. The van der Waals surface area contributed by atoms with Crippen LogP contribution in [0, 0.1) is 0 Å². The summed E-state index contributed by atoms with van der Waals surface area (Å²) < 4.78 is 16.2. The number of thiophene rings is 1. The lowest BCUT2D eigenvalue weighted by Gasteiger charge is -2.27. The van der Waals surface area contributed by atoms with E-state index in [1.165, 1.54) is 37.6 Å². The number of benzene rings is 1. The van der Waals surface area contributed by atoms with E-state index in [0.717, 1.165) is 4.88 Å². The van der Waals surface area contributed by atoms with Crippen molar-refractivity contribution < 1.29 is 28.9 Å². The molecule has 1 unspecified atom stereocenters. The zero-order chi connectivity index (χ0) is 21.1. The number of aliphatic hydroxyl groups is 1. The molecular weight excluding hydrogens is 394 g/mol. The quantitative estimate of drug-likeness (QED) is 0.706. The molecule has 0 bridgehead atoms. The molecule has 8 heteroatoms. The van der Waals surface area contributed by atoms with Crippen LogP contribution in [0.15, 0.2) is 41.0 Å². The number of ketones is 1. The van der Waals surface area contributed by atoms with Crippen molar-refractivity contribution in [2.75, 3.05) is 21.3 Å². The van der Waals surface area contributed by atoms with Crippen LogP contribution in [0.1, 0.15) is 29.8 Å². The van der Waals surface area contributed by atoms with Crippen LogP contribution < -0.4 is 14.2 Å². The second-order valence-corrected chi connectivity index (χ2v) is 7.44. The summed E-state index contributed by atoms with van der Waals surface area (Å²) >= 11 is 1.50. The highest BCUT2D eigenvalue weighted by atomic mass is 32.1. The van der Waals surface area contributed by atoms with E-state index in [1.54, 1.807) is 19.1 Å². The highest BCUT2D eigenvalue weighted by Gasteiger charge is 2.43.